The SMILES string of the molecule is CCCOc1cc(C)ccc1NC(=O)N1CCN(C(=O)c2ccccc2)CC1. The number of nitrogens with one attached hydrogen (secondary N) is 1. The fraction of sp³-hybridized carbons (Fsp3) is 0.364. The van der Waals surface area contributed by atoms with E-state index in [0.29, 0.717) is 49.8 Å². The number of ether oxygens (including phenoxy) is 1. The van der Waals surface area contributed by atoms with E-state index in [-0.39, 0.29) is 11.9 Å². The second-order valence-electron chi connectivity index (χ2n) is 6.92. The quantitative estimate of drug-likeness (QED) is 0.857. The van der Waals surface area contributed by atoms with Gasteiger partial charge in [0.1, 0.15) is 5.75 Å². The van der Waals surface area contributed by atoms with Gasteiger partial charge in [0.05, 0.1) is 12.3 Å². The average molecular weight is 381 g/mol. The Hall–Kier alpha value is -3.02. The number of nitrogens with zero attached hydrogens (tertiary/aromatic N) is 2. The smallest absolute Gasteiger partial charge is 0.322 e. The molecular weight excluding hydrogens is 354 g/mol. The van der Waals surface area contributed by atoms with Crippen LogP contribution >= 0.6 is 0 Å². The van der Waals surface area contributed by atoms with Gasteiger partial charge in [-0.15, -0.1) is 0 Å². The van der Waals surface area contributed by atoms with Crippen molar-refractivity contribution in [3.8, 4) is 5.75 Å². The van der Waals surface area contributed by atoms with Crippen LogP contribution in [0.4, 0.5) is 10.5 Å². The van der Waals surface area contributed by atoms with Gasteiger partial charge in [0.2, 0.25) is 0 Å². The van der Waals surface area contributed by atoms with Crippen molar-refractivity contribution >= 4 is 17.6 Å². The molecule has 0 spiro atoms. The summed E-state index contributed by atoms with van der Waals surface area (Å²) in [5, 5.41) is 2.95. The highest BCUT2D eigenvalue weighted by Crippen LogP contribution is 2.26. The number of carbonyl (C=O) groups excluding carboxylic acids is 2. The number of hydrogen-bond donors (Lipinski definition) is 1. The van der Waals surface area contributed by atoms with E-state index < -0.39 is 0 Å². The lowest BCUT2D eigenvalue weighted by atomic mass is 10.2. The van der Waals surface area contributed by atoms with Crippen molar-refractivity contribution in [3.63, 3.8) is 0 Å². The minimum Gasteiger partial charge on any atom is -0.491 e. The van der Waals surface area contributed by atoms with Crippen molar-refractivity contribution in [3.05, 3.63) is 59.7 Å². The van der Waals surface area contributed by atoms with Gasteiger partial charge in [0.15, 0.2) is 0 Å². The van der Waals surface area contributed by atoms with Crippen LogP contribution in [0.3, 0.4) is 0 Å². The van der Waals surface area contributed by atoms with Crippen molar-refractivity contribution in [1.29, 1.82) is 0 Å². The molecule has 2 aromatic rings. The van der Waals surface area contributed by atoms with Crippen LogP contribution in [0.5, 0.6) is 5.75 Å². The zero-order valence-electron chi connectivity index (χ0n) is 16.5. The van der Waals surface area contributed by atoms with Gasteiger partial charge in [-0.2, -0.15) is 0 Å². The van der Waals surface area contributed by atoms with Gasteiger partial charge in [0.25, 0.3) is 5.91 Å². The second kappa shape index (κ2) is 9.26. The Bertz CT molecular complexity index is 815. The third kappa shape index (κ3) is 4.82. The molecule has 0 aliphatic carbocycles. The summed E-state index contributed by atoms with van der Waals surface area (Å²) in [5.41, 5.74) is 2.43. The fourth-order valence-electron chi connectivity index (χ4n) is 3.13. The highest BCUT2D eigenvalue weighted by Gasteiger charge is 2.25. The Morgan fingerprint density at radius 1 is 1.00 bits per heavy atom. The second-order valence-corrected chi connectivity index (χ2v) is 6.92. The maximum absolute atomic E-state index is 12.7. The molecule has 6 nitrogen and oxygen atoms in total. The van der Waals surface area contributed by atoms with E-state index in [1.54, 1.807) is 9.80 Å². The van der Waals surface area contributed by atoms with Crippen LogP contribution in [-0.2, 0) is 0 Å². The molecule has 0 radical (unpaired) electrons. The molecule has 3 rings (SSSR count). The first-order chi connectivity index (χ1) is 13.6. The molecule has 1 saturated heterocycles. The summed E-state index contributed by atoms with van der Waals surface area (Å²) in [6.45, 7) is 6.69. The van der Waals surface area contributed by atoms with E-state index in [1.165, 1.54) is 0 Å². The molecule has 1 heterocycles. The largest absolute Gasteiger partial charge is 0.491 e. The van der Waals surface area contributed by atoms with Crippen LogP contribution in [0.1, 0.15) is 29.3 Å². The summed E-state index contributed by atoms with van der Waals surface area (Å²) in [4.78, 5) is 28.7. The van der Waals surface area contributed by atoms with Gasteiger partial charge in [0, 0.05) is 31.7 Å². The van der Waals surface area contributed by atoms with Gasteiger partial charge in [-0.1, -0.05) is 31.2 Å². The molecule has 1 N–H and O–H groups in total. The van der Waals surface area contributed by atoms with Crippen LogP contribution in [0.15, 0.2) is 48.5 Å². The van der Waals surface area contributed by atoms with E-state index >= 15 is 0 Å². The van der Waals surface area contributed by atoms with E-state index in [2.05, 4.69) is 5.32 Å². The van der Waals surface area contributed by atoms with Gasteiger partial charge in [-0.3, -0.25) is 4.79 Å². The lowest BCUT2D eigenvalue weighted by molar-refractivity contribution is 0.0671. The Morgan fingerprint density at radius 2 is 1.68 bits per heavy atom. The lowest BCUT2D eigenvalue weighted by Crippen LogP contribution is -2.51. The fourth-order valence-corrected chi connectivity index (χ4v) is 3.13. The molecule has 28 heavy (non-hydrogen) atoms. The molecule has 1 aliphatic rings. The van der Waals surface area contributed by atoms with Gasteiger partial charge in [-0.05, 0) is 43.2 Å². The highest BCUT2D eigenvalue weighted by molar-refractivity contribution is 5.95. The predicted octanol–water partition coefficient (Wildman–Crippen LogP) is 3.77. The zero-order valence-corrected chi connectivity index (χ0v) is 16.5. The normalized spacial score (nSPS) is 13.9. The number of rotatable bonds is 5. The average Bonchev–Trinajstić information content (AvgIpc) is 2.74. The molecule has 0 bridgehead atoms. The van der Waals surface area contributed by atoms with Gasteiger partial charge >= 0.3 is 6.03 Å². The number of hydrogen-bond acceptors (Lipinski definition) is 3. The van der Waals surface area contributed by atoms with Crippen LogP contribution in [0.25, 0.3) is 0 Å². The Kier molecular flexibility index (Phi) is 6.53. The minimum atomic E-state index is -0.169. The van der Waals surface area contributed by atoms with Crippen molar-refractivity contribution in [2.45, 2.75) is 20.3 Å². The third-order valence-corrected chi connectivity index (χ3v) is 4.72. The summed E-state index contributed by atoms with van der Waals surface area (Å²) < 4.78 is 5.77. The van der Waals surface area contributed by atoms with Crippen LogP contribution in [-0.4, -0.2) is 54.5 Å². The predicted molar refractivity (Wildman–Crippen MR) is 110 cm³/mol. The van der Waals surface area contributed by atoms with Crippen molar-refractivity contribution in [1.82, 2.24) is 9.80 Å². The van der Waals surface area contributed by atoms with Crippen molar-refractivity contribution in [2.75, 3.05) is 38.1 Å². The lowest BCUT2D eigenvalue weighted by Gasteiger charge is -2.34. The Labute approximate surface area is 166 Å². The summed E-state index contributed by atoms with van der Waals surface area (Å²) in [6.07, 6.45) is 0.902. The summed E-state index contributed by atoms with van der Waals surface area (Å²) in [7, 11) is 0. The topological polar surface area (TPSA) is 61.9 Å². The van der Waals surface area contributed by atoms with E-state index in [1.807, 2.05) is 62.4 Å². The monoisotopic (exact) mass is 381 g/mol. The molecular formula is C22H27N3O3. The molecule has 1 fully saturated rings. The number of urea groups is 1. The number of piperazine rings is 1. The van der Waals surface area contributed by atoms with Gasteiger partial charge in [-0.25, -0.2) is 4.79 Å². The third-order valence-electron chi connectivity index (χ3n) is 4.72. The first-order valence-corrected chi connectivity index (χ1v) is 9.72. The number of aryl methyl sites for hydroxylation is 1. The molecule has 2 aromatic carbocycles. The maximum atomic E-state index is 12.7. The molecule has 148 valence electrons. The molecule has 0 atom stereocenters. The summed E-state index contributed by atoms with van der Waals surface area (Å²) in [6, 6.07) is 14.8. The number of benzene rings is 2. The molecule has 0 saturated carbocycles. The van der Waals surface area contributed by atoms with Crippen molar-refractivity contribution in [2.24, 2.45) is 0 Å². The van der Waals surface area contributed by atoms with E-state index in [4.69, 9.17) is 4.74 Å². The summed E-state index contributed by atoms with van der Waals surface area (Å²) in [5.74, 6) is 0.697. The first kappa shape index (κ1) is 19.7. The molecule has 1 aliphatic heterocycles. The molecule has 0 aromatic heterocycles. The number of amides is 3. The standard InChI is InChI=1S/C22H27N3O3/c1-3-15-28-20-16-17(2)9-10-19(20)23-22(27)25-13-11-24(12-14-25)21(26)18-7-5-4-6-8-18/h4-10,16H,3,11-15H2,1-2H3,(H,23,27). The van der Waals surface area contributed by atoms with Crippen LogP contribution < -0.4 is 10.1 Å². The number of anilines is 1. The van der Waals surface area contributed by atoms with Crippen LogP contribution in [0.2, 0.25) is 0 Å². The van der Waals surface area contributed by atoms with E-state index in [0.717, 1.165) is 12.0 Å². The minimum absolute atomic E-state index is 0.00875. The number of carbonyl (C=O) groups is 2. The Morgan fingerprint density at radius 3 is 2.36 bits per heavy atom. The van der Waals surface area contributed by atoms with Crippen LogP contribution in [0, 0.1) is 6.92 Å². The zero-order chi connectivity index (χ0) is 19.9. The first-order valence-electron chi connectivity index (χ1n) is 9.72. The maximum Gasteiger partial charge on any atom is 0.322 e. The van der Waals surface area contributed by atoms with Crippen molar-refractivity contribution < 1.29 is 14.3 Å². The highest BCUT2D eigenvalue weighted by atomic mass is 16.5. The molecule has 0 unspecified atom stereocenters. The molecule has 6 heteroatoms. The van der Waals surface area contributed by atoms with E-state index in [9.17, 15) is 9.59 Å². The summed E-state index contributed by atoms with van der Waals surface area (Å²) >= 11 is 0. The Balaban J connectivity index is 1.58. The molecule has 3 amide bonds. The van der Waals surface area contributed by atoms with Gasteiger partial charge < -0.3 is 19.9 Å².